The average molecular weight is 314 g/mol. The third-order valence-corrected chi connectivity index (χ3v) is 3.11. The molecule has 1 rings (SSSR count). The number of hydrogen-bond donors (Lipinski definition) is 2. The Morgan fingerprint density at radius 2 is 1.71 bits per heavy atom. The van der Waals surface area contributed by atoms with Crippen molar-refractivity contribution in [1.82, 2.24) is 10.2 Å². The molecule has 0 atom stereocenters. The molecule has 0 bridgehead atoms. The molecule has 1 aromatic carbocycles. The van der Waals surface area contributed by atoms with Crippen LogP contribution in [0.5, 0.6) is 0 Å². The number of hydrogen-bond acceptors (Lipinski definition) is 3. The molecule has 0 aliphatic heterocycles. The van der Waals surface area contributed by atoms with Gasteiger partial charge in [-0.05, 0) is 31.5 Å². The summed E-state index contributed by atoms with van der Waals surface area (Å²) in [5, 5.41) is 2.78. The van der Waals surface area contributed by atoms with Crippen LogP contribution in [0.1, 0.15) is 36.2 Å². The number of amides is 2. The van der Waals surface area contributed by atoms with Gasteiger partial charge in [0.15, 0.2) is 0 Å². The van der Waals surface area contributed by atoms with Crippen molar-refractivity contribution < 1.29 is 9.59 Å². The van der Waals surface area contributed by atoms with Crippen LogP contribution in [-0.4, -0.2) is 36.3 Å². The van der Waals surface area contributed by atoms with Crippen LogP contribution < -0.4 is 11.1 Å². The third-order valence-electron chi connectivity index (χ3n) is 3.11. The Labute approximate surface area is 132 Å². The summed E-state index contributed by atoms with van der Waals surface area (Å²) < 4.78 is 0. The molecule has 0 spiro atoms. The molecule has 0 heterocycles. The van der Waals surface area contributed by atoms with Gasteiger partial charge in [0.25, 0.3) is 5.91 Å². The number of nitrogens with one attached hydrogen (secondary N) is 1. The van der Waals surface area contributed by atoms with Gasteiger partial charge in [-0.15, -0.1) is 12.4 Å². The highest BCUT2D eigenvalue weighted by Gasteiger charge is 2.11. The molecule has 0 aliphatic rings. The quantitative estimate of drug-likeness (QED) is 0.802. The molecule has 5 nitrogen and oxygen atoms in total. The highest BCUT2D eigenvalue weighted by Crippen LogP contribution is 2.08. The van der Waals surface area contributed by atoms with Crippen molar-refractivity contribution >= 4 is 24.2 Å². The minimum absolute atomic E-state index is 0. The Morgan fingerprint density at radius 1 is 1.14 bits per heavy atom. The molecule has 0 unspecified atom stereocenters. The first-order valence-electron chi connectivity index (χ1n) is 6.97. The Bertz CT molecular complexity index is 445. The normalized spacial score (nSPS) is 9.67. The van der Waals surface area contributed by atoms with Gasteiger partial charge in [0.2, 0.25) is 5.91 Å². The summed E-state index contributed by atoms with van der Waals surface area (Å²) in [6, 6.07) is 7.31. The van der Waals surface area contributed by atoms with E-state index in [1.54, 1.807) is 17.0 Å². The Balaban J connectivity index is 0.00000400. The van der Waals surface area contributed by atoms with Crippen LogP contribution in [0.25, 0.3) is 0 Å². The zero-order chi connectivity index (χ0) is 15.0. The number of nitrogens with zero attached hydrogens (tertiary/aromatic N) is 1. The molecule has 3 N–H and O–H groups in total. The second-order valence-electron chi connectivity index (χ2n) is 4.49. The average Bonchev–Trinajstić information content (AvgIpc) is 2.47. The van der Waals surface area contributed by atoms with Crippen LogP contribution in [0.15, 0.2) is 24.3 Å². The third kappa shape index (κ3) is 6.14. The van der Waals surface area contributed by atoms with Gasteiger partial charge in [-0.25, -0.2) is 0 Å². The number of nitrogens with two attached hydrogens (primary N) is 1. The van der Waals surface area contributed by atoms with Gasteiger partial charge < -0.3 is 16.0 Å². The number of carbonyl (C=O) groups is 2. The molecular weight excluding hydrogens is 290 g/mol. The van der Waals surface area contributed by atoms with Crippen molar-refractivity contribution in [2.45, 2.75) is 26.8 Å². The van der Waals surface area contributed by atoms with Crippen molar-refractivity contribution in [2.24, 2.45) is 5.73 Å². The minimum atomic E-state index is -0.0594. The first-order chi connectivity index (χ1) is 9.62. The van der Waals surface area contributed by atoms with Gasteiger partial charge in [-0.2, -0.15) is 0 Å². The fourth-order valence-corrected chi connectivity index (χ4v) is 1.88. The fourth-order valence-electron chi connectivity index (χ4n) is 1.88. The molecule has 2 amide bonds. The summed E-state index contributed by atoms with van der Waals surface area (Å²) in [4.78, 5) is 25.2. The van der Waals surface area contributed by atoms with E-state index in [1.165, 1.54) is 0 Å². The van der Waals surface area contributed by atoms with Crippen molar-refractivity contribution in [1.29, 1.82) is 0 Å². The lowest BCUT2D eigenvalue weighted by Crippen LogP contribution is -2.30. The molecule has 0 saturated carbocycles. The lowest BCUT2D eigenvalue weighted by Gasteiger charge is -2.18. The maximum absolute atomic E-state index is 12.1. The van der Waals surface area contributed by atoms with Gasteiger partial charge in [-0.1, -0.05) is 12.1 Å². The number of benzene rings is 1. The molecular formula is C15H24ClN3O2. The summed E-state index contributed by atoms with van der Waals surface area (Å²) in [6.45, 7) is 6.13. The summed E-state index contributed by atoms with van der Waals surface area (Å²) >= 11 is 0. The van der Waals surface area contributed by atoms with E-state index < -0.39 is 0 Å². The lowest BCUT2D eigenvalue weighted by atomic mass is 10.1. The van der Waals surface area contributed by atoms with E-state index in [0.717, 1.165) is 5.56 Å². The van der Waals surface area contributed by atoms with E-state index in [9.17, 15) is 9.59 Å². The van der Waals surface area contributed by atoms with Gasteiger partial charge in [0.05, 0.1) is 0 Å². The first-order valence-corrected chi connectivity index (χ1v) is 6.97. The van der Waals surface area contributed by atoms with Crippen molar-refractivity contribution in [3.8, 4) is 0 Å². The van der Waals surface area contributed by atoms with Crippen molar-refractivity contribution in [3.05, 3.63) is 35.4 Å². The van der Waals surface area contributed by atoms with Crippen molar-refractivity contribution in [2.75, 3.05) is 19.6 Å². The van der Waals surface area contributed by atoms with Crippen LogP contribution in [0.4, 0.5) is 0 Å². The van der Waals surface area contributed by atoms with E-state index >= 15 is 0 Å². The van der Waals surface area contributed by atoms with Crippen LogP contribution in [0, 0.1) is 0 Å². The predicted octanol–water partition coefficient (Wildman–Crippen LogP) is 1.56. The summed E-state index contributed by atoms with van der Waals surface area (Å²) in [5.41, 5.74) is 6.94. The minimum Gasteiger partial charge on any atom is -0.352 e. The molecule has 0 fully saturated rings. The Hall–Kier alpha value is -1.59. The van der Waals surface area contributed by atoms with Gasteiger partial charge in [0, 0.05) is 38.2 Å². The molecule has 0 aliphatic carbocycles. The Morgan fingerprint density at radius 3 is 2.19 bits per heavy atom. The van der Waals surface area contributed by atoms with Crippen molar-refractivity contribution in [3.63, 3.8) is 0 Å². The maximum atomic E-state index is 12.1. The SMILES string of the molecule is CCN(CC)C(=O)c1ccc(CNC(=O)CCN)cc1.Cl. The predicted molar refractivity (Wildman–Crippen MR) is 86.5 cm³/mol. The molecule has 0 saturated heterocycles. The molecule has 1 aromatic rings. The van der Waals surface area contributed by atoms with Crippen LogP contribution in [0.3, 0.4) is 0 Å². The van der Waals surface area contributed by atoms with Gasteiger partial charge in [-0.3, -0.25) is 9.59 Å². The van der Waals surface area contributed by atoms with Crippen LogP contribution >= 0.6 is 12.4 Å². The zero-order valence-corrected chi connectivity index (χ0v) is 13.4. The number of carbonyl (C=O) groups excluding carboxylic acids is 2. The summed E-state index contributed by atoms with van der Waals surface area (Å²) in [7, 11) is 0. The summed E-state index contributed by atoms with van der Waals surface area (Å²) in [5.74, 6) is -0.0236. The largest absolute Gasteiger partial charge is 0.352 e. The highest BCUT2D eigenvalue weighted by atomic mass is 35.5. The number of rotatable bonds is 7. The van der Waals surface area contributed by atoms with Crippen LogP contribution in [-0.2, 0) is 11.3 Å². The number of halogens is 1. The maximum Gasteiger partial charge on any atom is 0.253 e. The first kappa shape index (κ1) is 19.4. The molecule has 0 aromatic heterocycles. The van der Waals surface area contributed by atoms with Crippen LogP contribution in [0.2, 0.25) is 0 Å². The van der Waals surface area contributed by atoms with E-state index in [-0.39, 0.29) is 24.2 Å². The molecule has 21 heavy (non-hydrogen) atoms. The van der Waals surface area contributed by atoms with E-state index in [1.807, 2.05) is 26.0 Å². The second kappa shape index (κ2) is 10.2. The summed E-state index contributed by atoms with van der Waals surface area (Å²) in [6.07, 6.45) is 0.332. The smallest absolute Gasteiger partial charge is 0.253 e. The standard InChI is InChI=1S/C15H23N3O2.ClH/c1-3-18(4-2)15(20)13-7-5-12(6-8-13)11-17-14(19)9-10-16;/h5-8H,3-4,9-11,16H2,1-2H3,(H,17,19);1H. The zero-order valence-electron chi connectivity index (χ0n) is 12.6. The van der Waals surface area contributed by atoms with E-state index in [0.29, 0.717) is 38.2 Å². The monoisotopic (exact) mass is 313 g/mol. The molecule has 0 radical (unpaired) electrons. The van der Waals surface area contributed by atoms with E-state index in [2.05, 4.69) is 5.32 Å². The van der Waals surface area contributed by atoms with E-state index in [4.69, 9.17) is 5.73 Å². The highest BCUT2D eigenvalue weighted by molar-refractivity contribution is 5.94. The molecule has 118 valence electrons. The Kier molecular flexibility index (Phi) is 9.41. The fraction of sp³-hybridized carbons (Fsp3) is 0.467. The lowest BCUT2D eigenvalue weighted by molar-refractivity contribution is -0.121. The topological polar surface area (TPSA) is 75.4 Å². The van der Waals surface area contributed by atoms with Gasteiger partial charge >= 0.3 is 0 Å². The molecule has 6 heteroatoms. The van der Waals surface area contributed by atoms with Gasteiger partial charge in [0.1, 0.15) is 0 Å². The second-order valence-corrected chi connectivity index (χ2v) is 4.49.